The zero-order chi connectivity index (χ0) is 15.0. The zero-order valence-corrected chi connectivity index (χ0v) is 11.6. The molecule has 0 spiro atoms. The minimum Gasteiger partial charge on any atom is -0.493 e. The highest BCUT2D eigenvalue weighted by atomic mass is 16.6. The van der Waals surface area contributed by atoms with E-state index in [1.165, 1.54) is 12.0 Å². The van der Waals surface area contributed by atoms with E-state index in [2.05, 4.69) is 0 Å². The molecule has 3 rings (SSSR count). The number of carbonyl (C=O) groups excluding carboxylic acids is 1. The Morgan fingerprint density at radius 1 is 1.48 bits per heavy atom. The fourth-order valence-corrected chi connectivity index (χ4v) is 2.65. The van der Waals surface area contributed by atoms with E-state index in [4.69, 9.17) is 19.3 Å². The lowest BCUT2D eigenvalue weighted by Gasteiger charge is -2.32. The summed E-state index contributed by atoms with van der Waals surface area (Å²) in [6, 6.07) is 5.38. The van der Waals surface area contributed by atoms with Gasteiger partial charge in [-0.3, -0.25) is 4.90 Å². The highest BCUT2D eigenvalue weighted by Crippen LogP contribution is 2.37. The number of carbonyl (C=O) groups is 1. The Kier molecular flexibility index (Phi) is 3.71. The molecule has 2 aliphatic heterocycles. The highest BCUT2D eigenvalue weighted by Gasteiger charge is 2.41. The van der Waals surface area contributed by atoms with Crippen molar-refractivity contribution in [2.45, 2.75) is 31.4 Å². The summed E-state index contributed by atoms with van der Waals surface area (Å²) in [4.78, 5) is 13.5. The van der Waals surface area contributed by atoms with E-state index in [0.717, 1.165) is 5.56 Å². The smallest absolute Gasteiger partial charge is 0.417 e. The second kappa shape index (κ2) is 5.51. The molecule has 2 aliphatic rings. The van der Waals surface area contributed by atoms with Crippen molar-refractivity contribution in [1.29, 1.82) is 0 Å². The molecule has 3 atom stereocenters. The Balaban J connectivity index is 1.82. The number of para-hydroxylation sites is 1. The van der Waals surface area contributed by atoms with Gasteiger partial charge in [-0.15, -0.1) is 0 Å². The third kappa shape index (κ3) is 2.44. The zero-order valence-electron chi connectivity index (χ0n) is 11.6. The van der Waals surface area contributed by atoms with Gasteiger partial charge in [0, 0.05) is 12.0 Å². The summed E-state index contributed by atoms with van der Waals surface area (Å²) >= 11 is 0. The molecular formula is C14H17NO6. The maximum Gasteiger partial charge on any atom is 0.417 e. The van der Waals surface area contributed by atoms with Gasteiger partial charge >= 0.3 is 6.09 Å². The molecule has 7 heteroatoms. The second-order valence-corrected chi connectivity index (χ2v) is 5.06. The van der Waals surface area contributed by atoms with Gasteiger partial charge in [0.2, 0.25) is 0 Å². The van der Waals surface area contributed by atoms with Gasteiger partial charge in [-0.1, -0.05) is 12.1 Å². The molecule has 2 heterocycles. The molecule has 2 N–H and O–H groups in total. The van der Waals surface area contributed by atoms with Gasteiger partial charge in [-0.05, 0) is 6.07 Å². The van der Waals surface area contributed by atoms with E-state index in [1.807, 2.05) is 12.1 Å². The molecule has 1 amide bonds. The quantitative estimate of drug-likeness (QED) is 0.843. The normalized spacial score (nSPS) is 28.2. The molecule has 1 aromatic rings. The van der Waals surface area contributed by atoms with Crippen LogP contribution in [-0.4, -0.2) is 53.4 Å². The van der Waals surface area contributed by atoms with E-state index < -0.39 is 24.5 Å². The minimum atomic E-state index is -0.792. The van der Waals surface area contributed by atoms with Crippen LogP contribution in [0, 0.1) is 0 Å². The first kappa shape index (κ1) is 14.1. The van der Waals surface area contributed by atoms with Crippen molar-refractivity contribution in [2.24, 2.45) is 0 Å². The lowest BCUT2D eigenvalue weighted by molar-refractivity contribution is -0.0736. The van der Waals surface area contributed by atoms with Gasteiger partial charge in [0.1, 0.15) is 12.3 Å². The van der Waals surface area contributed by atoms with Crippen LogP contribution in [0.3, 0.4) is 0 Å². The summed E-state index contributed by atoms with van der Waals surface area (Å²) in [5.74, 6) is 0.916. The van der Waals surface area contributed by atoms with Crippen molar-refractivity contribution < 1.29 is 29.2 Å². The van der Waals surface area contributed by atoms with E-state index in [-0.39, 0.29) is 13.0 Å². The van der Waals surface area contributed by atoms with E-state index in [9.17, 15) is 9.90 Å². The molecule has 0 saturated carbocycles. The Morgan fingerprint density at radius 3 is 2.95 bits per heavy atom. The predicted molar refractivity (Wildman–Crippen MR) is 70.9 cm³/mol. The monoisotopic (exact) mass is 295 g/mol. The van der Waals surface area contributed by atoms with Crippen molar-refractivity contribution in [1.82, 2.24) is 4.90 Å². The average molecular weight is 295 g/mol. The first-order valence-corrected chi connectivity index (χ1v) is 6.72. The van der Waals surface area contributed by atoms with Crippen LogP contribution in [0.15, 0.2) is 18.2 Å². The Labute approximate surface area is 121 Å². The van der Waals surface area contributed by atoms with Gasteiger partial charge < -0.3 is 24.4 Å². The number of fused-ring (bicyclic) bond motifs is 1. The number of benzene rings is 1. The van der Waals surface area contributed by atoms with Crippen LogP contribution >= 0.6 is 0 Å². The largest absolute Gasteiger partial charge is 0.493 e. The molecule has 0 bridgehead atoms. The van der Waals surface area contributed by atoms with E-state index in [0.29, 0.717) is 18.0 Å². The molecular weight excluding hydrogens is 278 g/mol. The van der Waals surface area contributed by atoms with Gasteiger partial charge in [-0.25, -0.2) is 4.79 Å². The number of aliphatic hydroxyl groups is 2. The molecule has 0 radical (unpaired) electrons. The number of aliphatic hydroxyl groups excluding tert-OH is 2. The molecule has 1 saturated heterocycles. The maximum atomic E-state index is 12.1. The summed E-state index contributed by atoms with van der Waals surface area (Å²) in [6.45, 7) is 0.0197. The number of rotatable bonds is 3. The van der Waals surface area contributed by atoms with Crippen LogP contribution in [-0.2, 0) is 11.3 Å². The SMILES string of the molecule is COc1cccc2c1OC(=O)N([C@H]1C[C@H](O)[C@@H](CO)O1)C2. The Bertz CT molecular complexity index is 548. The van der Waals surface area contributed by atoms with Crippen LogP contribution in [0.1, 0.15) is 12.0 Å². The van der Waals surface area contributed by atoms with Crippen molar-refractivity contribution >= 4 is 6.09 Å². The Hall–Kier alpha value is -1.83. The summed E-state index contributed by atoms with van der Waals surface area (Å²) in [5.41, 5.74) is 0.805. The summed E-state index contributed by atoms with van der Waals surface area (Å²) < 4.78 is 16.0. The number of amides is 1. The van der Waals surface area contributed by atoms with E-state index >= 15 is 0 Å². The lowest BCUT2D eigenvalue weighted by atomic mass is 10.1. The van der Waals surface area contributed by atoms with Gasteiger partial charge in [0.15, 0.2) is 11.5 Å². The molecule has 0 aliphatic carbocycles. The molecule has 114 valence electrons. The topological polar surface area (TPSA) is 88.5 Å². The molecule has 1 aromatic carbocycles. The van der Waals surface area contributed by atoms with Gasteiger partial charge in [0.25, 0.3) is 0 Å². The number of ether oxygens (including phenoxy) is 3. The third-order valence-corrected chi connectivity index (χ3v) is 3.78. The highest BCUT2D eigenvalue weighted by molar-refractivity contribution is 5.75. The molecule has 0 aromatic heterocycles. The number of hydrogen-bond acceptors (Lipinski definition) is 6. The predicted octanol–water partition coefficient (Wildman–Crippen LogP) is 0.478. The van der Waals surface area contributed by atoms with Crippen LogP contribution in [0.4, 0.5) is 4.79 Å². The number of methoxy groups -OCH3 is 1. The van der Waals surface area contributed by atoms with Crippen molar-refractivity contribution in [2.75, 3.05) is 13.7 Å². The summed E-state index contributed by atoms with van der Waals surface area (Å²) in [6.07, 6.45) is -2.37. The summed E-state index contributed by atoms with van der Waals surface area (Å²) in [5, 5.41) is 18.9. The van der Waals surface area contributed by atoms with Crippen molar-refractivity contribution in [3.8, 4) is 11.5 Å². The fraction of sp³-hybridized carbons (Fsp3) is 0.500. The maximum absolute atomic E-state index is 12.1. The van der Waals surface area contributed by atoms with Crippen LogP contribution < -0.4 is 9.47 Å². The molecule has 0 unspecified atom stereocenters. The third-order valence-electron chi connectivity index (χ3n) is 3.78. The first-order chi connectivity index (χ1) is 10.1. The van der Waals surface area contributed by atoms with Crippen LogP contribution in [0.2, 0.25) is 0 Å². The fourth-order valence-electron chi connectivity index (χ4n) is 2.65. The minimum absolute atomic E-state index is 0.250. The van der Waals surface area contributed by atoms with Gasteiger partial charge in [-0.2, -0.15) is 0 Å². The number of nitrogens with zero attached hydrogens (tertiary/aromatic N) is 1. The van der Waals surface area contributed by atoms with Crippen molar-refractivity contribution in [3.63, 3.8) is 0 Å². The van der Waals surface area contributed by atoms with E-state index in [1.54, 1.807) is 6.07 Å². The summed E-state index contributed by atoms with van der Waals surface area (Å²) in [7, 11) is 1.51. The number of hydrogen-bond donors (Lipinski definition) is 2. The second-order valence-electron chi connectivity index (χ2n) is 5.06. The van der Waals surface area contributed by atoms with Crippen molar-refractivity contribution in [3.05, 3.63) is 23.8 Å². The van der Waals surface area contributed by atoms with Crippen LogP contribution in [0.5, 0.6) is 11.5 Å². The standard InChI is InChI=1S/C14H17NO6/c1-19-10-4-2-3-8-6-15(14(18)21-13(8)10)12-5-9(17)11(7-16)20-12/h2-4,9,11-12,16-17H,5-7H2,1H3/t9-,11+,12+/m0/s1. The first-order valence-electron chi connectivity index (χ1n) is 6.72. The molecule has 1 fully saturated rings. The van der Waals surface area contributed by atoms with Crippen LogP contribution in [0.25, 0.3) is 0 Å². The lowest BCUT2D eigenvalue weighted by Crippen LogP contribution is -2.44. The van der Waals surface area contributed by atoms with Gasteiger partial charge in [0.05, 0.1) is 26.4 Å². The average Bonchev–Trinajstić information content (AvgIpc) is 2.86. The Morgan fingerprint density at radius 2 is 2.29 bits per heavy atom. The molecule has 7 nitrogen and oxygen atoms in total. The molecule has 21 heavy (non-hydrogen) atoms.